The zero-order valence-corrected chi connectivity index (χ0v) is 14.8. The Balaban J connectivity index is 2.52. The van der Waals surface area contributed by atoms with Gasteiger partial charge in [-0.1, -0.05) is 0 Å². The van der Waals surface area contributed by atoms with Gasteiger partial charge in [-0.3, -0.25) is 14.6 Å². The molecule has 128 valence electrons. The maximum absolute atomic E-state index is 12.4. The van der Waals surface area contributed by atoms with Gasteiger partial charge in [-0.05, 0) is 47.0 Å². The number of amides is 1. The number of nitrogens with zero attached hydrogens (tertiary/aromatic N) is 3. The maximum atomic E-state index is 12.4. The summed E-state index contributed by atoms with van der Waals surface area (Å²) >= 11 is 0. The minimum atomic E-state index is -0.0779. The van der Waals surface area contributed by atoms with Gasteiger partial charge >= 0.3 is 0 Å². The fourth-order valence-corrected chi connectivity index (χ4v) is 2.06. The van der Waals surface area contributed by atoms with Crippen LogP contribution >= 0.6 is 0 Å². The van der Waals surface area contributed by atoms with Gasteiger partial charge in [-0.15, -0.1) is 0 Å². The lowest BCUT2D eigenvalue weighted by atomic mass is 10.0. The highest BCUT2D eigenvalue weighted by molar-refractivity contribution is 5.78. The zero-order valence-electron chi connectivity index (χ0n) is 14.8. The van der Waals surface area contributed by atoms with Gasteiger partial charge in [-0.25, -0.2) is 0 Å². The summed E-state index contributed by atoms with van der Waals surface area (Å²) < 4.78 is 0. The van der Waals surface area contributed by atoms with Gasteiger partial charge in [0.2, 0.25) is 5.91 Å². The highest BCUT2D eigenvalue weighted by Crippen LogP contribution is 2.12. The fraction of sp³-hybridized carbons (Fsp3) is 0.588. The van der Waals surface area contributed by atoms with Crippen molar-refractivity contribution in [1.82, 2.24) is 20.1 Å². The molecule has 0 aliphatic rings. The smallest absolute Gasteiger partial charge is 0.236 e. The van der Waals surface area contributed by atoms with Gasteiger partial charge in [0, 0.05) is 36.9 Å². The molecule has 0 aromatic carbocycles. The van der Waals surface area contributed by atoms with Crippen LogP contribution in [0, 0.1) is 0 Å². The molecule has 0 bridgehead atoms. The summed E-state index contributed by atoms with van der Waals surface area (Å²) in [6.45, 7) is 8.29. The van der Waals surface area contributed by atoms with Crippen LogP contribution in [0.1, 0.15) is 36.8 Å². The van der Waals surface area contributed by atoms with Crippen molar-refractivity contribution in [2.45, 2.75) is 32.9 Å². The second-order valence-corrected chi connectivity index (χ2v) is 6.42. The Kier molecular flexibility index (Phi) is 7.32. The standard InChI is InChI=1S/C17H28N4O2/c1-6-21(13-17(2,3)20(4)5)16(23)11-18-10-15-9-14(12-22)7-8-19-15/h7-9,12,18H,6,10-11,13H2,1-5H3. The average Bonchev–Trinajstić information content (AvgIpc) is 2.52. The van der Waals surface area contributed by atoms with Crippen LogP contribution in [0.5, 0.6) is 0 Å². The van der Waals surface area contributed by atoms with Gasteiger partial charge in [0.25, 0.3) is 0 Å². The van der Waals surface area contributed by atoms with Crippen molar-refractivity contribution in [1.29, 1.82) is 0 Å². The Hall–Kier alpha value is -1.79. The second-order valence-electron chi connectivity index (χ2n) is 6.42. The van der Waals surface area contributed by atoms with Gasteiger partial charge in [-0.2, -0.15) is 0 Å². The lowest BCUT2D eigenvalue weighted by molar-refractivity contribution is -0.131. The van der Waals surface area contributed by atoms with Crippen molar-refractivity contribution in [2.24, 2.45) is 0 Å². The number of likely N-dealkylation sites (N-methyl/N-ethyl adjacent to an activating group) is 2. The molecule has 1 heterocycles. The number of nitrogens with one attached hydrogen (secondary N) is 1. The minimum absolute atomic E-state index is 0.0639. The first-order valence-corrected chi connectivity index (χ1v) is 7.86. The van der Waals surface area contributed by atoms with Crippen LogP contribution < -0.4 is 5.32 Å². The van der Waals surface area contributed by atoms with E-state index >= 15 is 0 Å². The molecule has 0 aliphatic heterocycles. The molecule has 0 radical (unpaired) electrons. The second kappa shape index (κ2) is 8.74. The molecule has 6 nitrogen and oxygen atoms in total. The van der Waals surface area contributed by atoms with Crippen molar-refractivity contribution in [3.8, 4) is 0 Å². The third-order valence-corrected chi connectivity index (χ3v) is 4.08. The molecular weight excluding hydrogens is 292 g/mol. The van der Waals surface area contributed by atoms with E-state index in [0.29, 0.717) is 25.2 Å². The third kappa shape index (κ3) is 6.08. The predicted molar refractivity (Wildman–Crippen MR) is 91.4 cm³/mol. The van der Waals surface area contributed by atoms with Gasteiger partial charge in [0.1, 0.15) is 6.29 Å². The van der Waals surface area contributed by atoms with Crippen LogP contribution in [-0.4, -0.2) is 66.2 Å². The molecule has 0 spiro atoms. The number of aldehydes is 1. The molecule has 1 aromatic heterocycles. The fourth-order valence-electron chi connectivity index (χ4n) is 2.06. The Bertz CT molecular complexity index is 529. The van der Waals surface area contributed by atoms with Crippen molar-refractivity contribution >= 4 is 12.2 Å². The molecule has 1 rings (SSSR count). The van der Waals surface area contributed by atoms with E-state index in [1.54, 1.807) is 18.3 Å². The normalized spacial score (nSPS) is 11.6. The van der Waals surface area contributed by atoms with E-state index in [1.165, 1.54) is 0 Å². The molecule has 0 saturated heterocycles. The molecule has 0 atom stereocenters. The van der Waals surface area contributed by atoms with Crippen molar-refractivity contribution in [3.05, 3.63) is 29.6 Å². The Labute approximate surface area is 138 Å². The van der Waals surface area contributed by atoms with Crippen LogP contribution in [0.2, 0.25) is 0 Å². The summed E-state index contributed by atoms with van der Waals surface area (Å²) in [7, 11) is 4.03. The lowest BCUT2D eigenvalue weighted by Crippen LogP contribution is -2.51. The number of carbonyl (C=O) groups excluding carboxylic acids is 2. The molecule has 1 aromatic rings. The number of pyridine rings is 1. The lowest BCUT2D eigenvalue weighted by Gasteiger charge is -2.37. The Morgan fingerprint density at radius 2 is 2.09 bits per heavy atom. The van der Waals surface area contributed by atoms with Crippen LogP contribution in [0.3, 0.4) is 0 Å². The molecule has 0 unspecified atom stereocenters. The SMILES string of the molecule is CCN(CC(C)(C)N(C)C)C(=O)CNCc1cc(C=O)ccn1. The number of hydrogen-bond donors (Lipinski definition) is 1. The van der Waals surface area contributed by atoms with E-state index in [0.717, 1.165) is 12.0 Å². The van der Waals surface area contributed by atoms with Crippen molar-refractivity contribution in [2.75, 3.05) is 33.7 Å². The summed E-state index contributed by atoms with van der Waals surface area (Å²) in [4.78, 5) is 31.2. The minimum Gasteiger partial charge on any atom is -0.340 e. The van der Waals surface area contributed by atoms with E-state index in [9.17, 15) is 9.59 Å². The summed E-state index contributed by atoms with van der Waals surface area (Å²) in [6, 6.07) is 3.38. The van der Waals surface area contributed by atoms with Crippen LogP contribution in [0.25, 0.3) is 0 Å². The number of rotatable bonds is 9. The third-order valence-electron chi connectivity index (χ3n) is 4.08. The van der Waals surface area contributed by atoms with E-state index in [1.807, 2.05) is 25.9 Å². The largest absolute Gasteiger partial charge is 0.340 e. The first kappa shape index (κ1) is 19.3. The Morgan fingerprint density at radius 3 is 2.65 bits per heavy atom. The predicted octanol–water partition coefficient (Wildman–Crippen LogP) is 1.17. The molecule has 1 amide bonds. The number of aromatic nitrogens is 1. The van der Waals surface area contributed by atoms with Crippen LogP contribution in [0.4, 0.5) is 0 Å². The maximum Gasteiger partial charge on any atom is 0.236 e. The molecule has 23 heavy (non-hydrogen) atoms. The first-order valence-electron chi connectivity index (χ1n) is 7.86. The topological polar surface area (TPSA) is 65.5 Å². The van der Waals surface area contributed by atoms with Gasteiger partial charge < -0.3 is 15.1 Å². The highest BCUT2D eigenvalue weighted by Gasteiger charge is 2.25. The first-order chi connectivity index (χ1) is 10.8. The zero-order chi connectivity index (χ0) is 17.5. The van der Waals surface area contributed by atoms with Crippen molar-refractivity contribution < 1.29 is 9.59 Å². The van der Waals surface area contributed by atoms with E-state index in [-0.39, 0.29) is 18.0 Å². The monoisotopic (exact) mass is 320 g/mol. The quantitative estimate of drug-likeness (QED) is 0.692. The molecular formula is C17H28N4O2. The Morgan fingerprint density at radius 1 is 1.39 bits per heavy atom. The highest BCUT2D eigenvalue weighted by atomic mass is 16.2. The number of carbonyl (C=O) groups is 2. The number of hydrogen-bond acceptors (Lipinski definition) is 5. The average molecular weight is 320 g/mol. The van der Waals surface area contributed by atoms with E-state index in [2.05, 4.69) is 29.0 Å². The summed E-state index contributed by atoms with van der Waals surface area (Å²) in [5.74, 6) is 0.0639. The van der Waals surface area contributed by atoms with Crippen molar-refractivity contribution in [3.63, 3.8) is 0 Å². The van der Waals surface area contributed by atoms with Gasteiger partial charge in [0.15, 0.2) is 0 Å². The molecule has 0 saturated carbocycles. The van der Waals surface area contributed by atoms with Crippen LogP contribution in [0.15, 0.2) is 18.3 Å². The van der Waals surface area contributed by atoms with Gasteiger partial charge in [0.05, 0.1) is 12.2 Å². The van der Waals surface area contributed by atoms with E-state index in [4.69, 9.17) is 0 Å². The van der Waals surface area contributed by atoms with Crippen LogP contribution in [-0.2, 0) is 11.3 Å². The molecule has 0 aliphatic carbocycles. The summed E-state index contributed by atoms with van der Waals surface area (Å²) in [5.41, 5.74) is 1.26. The summed E-state index contributed by atoms with van der Waals surface area (Å²) in [6.07, 6.45) is 2.39. The molecule has 0 fully saturated rings. The van der Waals surface area contributed by atoms with E-state index < -0.39 is 0 Å². The molecule has 6 heteroatoms. The molecule has 1 N–H and O–H groups in total. The summed E-state index contributed by atoms with van der Waals surface area (Å²) in [5, 5.41) is 3.10.